The normalized spacial score (nSPS) is 13.8. The molecule has 4 N–H and O–H groups in total. The van der Waals surface area contributed by atoms with Crippen LogP contribution in [0.25, 0.3) is 0 Å². The number of hydrogen-bond acceptors (Lipinski definition) is 7. The standard InChI is InChI=1S/C26H24Cl2N4O5/c1-13(15-3-5-20(27)22(33)8-15)31-24(35)10-18-7-17-11-30-25(19(17)12-29-18)32-26(36)37-14(2)16-4-6-21(28)23(34)9-16/h3-9,12-14,33-34H,10-11H2,1-2H3,(H,31,35)(H,30,32,36)/t13-,14-/m1/s1. The number of pyridine rings is 1. The Kier molecular flexibility index (Phi) is 7.85. The van der Waals surface area contributed by atoms with Crippen molar-refractivity contribution in [2.24, 2.45) is 4.99 Å². The summed E-state index contributed by atoms with van der Waals surface area (Å²) in [4.78, 5) is 33.7. The van der Waals surface area contributed by atoms with Crippen LogP contribution in [-0.2, 0) is 22.5 Å². The maximum atomic E-state index is 12.6. The Morgan fingerprint density at radius 1 is 1.03 bits per heavy atom. The summed E-state index contributed by atoms with van der Waals surface area (Å²) >= 11 is 11.7. The van der Waals surface area contributed by atoms with Crippen molar-refractivity contribution < 1.29 is 24.5 Å². The smallest absolute Gasteiger partial charge is 0.413 e. The van der Waals surface area contributed by atoms with Crippen LogP contribution >= 0.6 is 23.2 Å². The lowest BCUT2D eigenvalue weighted by molar-refractivity contribution is -0.121. The van der Waals surface area contributed by atoms with Crippen LogP contribution < -0.4 is 10.6 Å². The predicted molar refractivity (Wildman–Crippen MR) is 139 cm³/mol. The fourth-order valence-electron chi connectivity index (χ4n) is 3.82. The van der Waals surface area contributed by atoms with Gasteiger partial charge in [-0.05, 0) is 60.9 Å². The lowest BCUT2D eigenvalue weighted by Crippen LogP contribution is -2.32. The number of alkyl carbamates (subject to hydrolysis) is 1. The molecule has 2 aromatic carbocycles. The number of nitrogens with zero attached hydrogens (tertiary/aromatic N) is 2. The number of carbonyl (C=O) groups excluding carboxylic acids is 2. The molecule has 2 heterocycles. The van der Waals surface area contributed by atoms with Crippen molar-refractivity contribution in [3.63, 3.8) is 0 Å². The van der Waals surface area contributed by atoms with E-state index in [0.29, 0.717) is 29.2 Å². The molecule has 0 fully saturated rings. The molecule has 1 aliphatic rings. The minimum Gasteiger partial charge on any atom is -0.506 e. The van der Waals surface area contributed by atoms with Crippen LogP contribution in [0.4, 0.5) is 4.79 Å². The van der Waals surface area contributed by atoms with Gasteiger partial charge in [0.05, 0.1) is 34.7 Å². The molecule has 4 rings (SSSR count). The number of halogens is 2. The van der Waals surface area contributed by atoms with E-state index in [-0.39, 0.29) is 39.9 Å². The molecule has 2 amide bonds. The number of aromatic nitrogens is 1. The molecule has 1 aliphatic heterocycles. The molecule has 0 radical (unpaired) electrons. The van der Waals surface area contributed by atoms with Gasteiger partial charge in [-0.2, -0.15) is 0 Å². The molecular formula is C26H24Cl2N4O5. The van der Waals surface area contributed by atoms with Crippen molar-refractivity contribution in [1.82, 2.24) is 15.6 Å². The van der Waals surface area contributed by atoms with Crippen molar-refractivity contribution in [2.45, 2.75) is 39.0 Å². The lowest BCUT2D eigenvalue weighted by Gasteiger charge is -2.15. The van der Waals surface area contributed by atoms with E-state index in [1.54, 1.807) is 44.3 Å². The van der Waals surface area contributed by atoms with Crippen LogP contribution in [0.1, 0.15) is 53.9 Å². The molecule has 3 aromatic rings. The molecule has 9 nitrogen and oxygen atoms in total. The number of aromatic hydroxyl groups is 2. The first-order valence-electron chi connectivity index (χ1n) is 11.4. The zero-order valence-electron chi connectivity index (χ0n) is 20.0. The van der Waals surface area contributed by atoms with Crippen LogP contribution in [0.5, 0.6) is 11.5 Å². The SMILES string of the molecule is C[C@@H](NC(=O)Cc1cc2c(cn1)C(NC(=O)O[C@H](C)c1ccc(Cl)c(O)c1)=NC2)c1ccc(Cl)c(O)c1. The van der Waals surface area contributed by atoms with Gasteiger partial charge < -0.3 is 20.3 Å². The third-order valence-electron chi connectivity index (χ3n) is 5.84. The van der Waals surface area contributed by atoms with E-state index >= 15 is 0 Å². The van der Waals surface area contributed by atoms with Crippen LogP contribution in [0.2, 0.25) is 10.0 Å². The number of ether oxygens (including phenoxy) is 1. The molecule has 0 aliphatic carbocycles. The number of fused-ring (bicyclic) bond motifs is 1. The highest BCUT2D eigenvalue weighted by Gasteiger charge is 2.22. The highest BCUT2D eigenvalue weighted by Crippen LogP contribution is 2.29. The van der Waals surface area contributed by atoms with Gasteiger partial charge in [0, 0.05) is 11.8 Å². The first-order chi connectivity index (χ1) is 17.6. The summed E-state index contributed by atoms with van der Waals surface area (Å²) in [5, 5.41) is 25.5. The quantitative estimate of drug-likeness (QED) is 0.347. The fraction of sp³-hybridized carbons (Fsp3) is 0.231. The van der Waals surface area contributed by atoms with Crippen molar-refractivity contribution in [3.05, 3.63) is 86.7 Å². The van der Waals surface area contributed by atoms with Gasteiger partial charge in [0.25, 0.3) is 0 Å². The van der Waals surface area contributed by atoms with E-state index in [4.69, 9.17) is 27.9 Å². The maximum absolute atomic E-state index is 12.6. The minimum atomic E-state index is -0.709. The van der Waals surface area contributed by atoms with Gasteiger partial charge in [0.2, 0.25) is 5.91 Å². The number of hydrogen-bond donors (Lipinski definition) is 4. The number of amides is 2. The lowest BCUT2D eigenvalue weighted by atomic mass is 10.1. The number of aliphatic imine (C=N–C) groups is 1. The Bertz CT molecular complexity index is 1400. The molecule has 11 heteroatoms. The minimum absolute atomic E-state index is 0.0485. The van der Waals surface area contributed by atoms with E-state index in [1.807, 2.05) is 0 Å². The summed E-state index contributed by atoms with van der Waals surface area (Å²) in [6.07, 6.45) is 0.265. The third-order valence-corrected chi connectivity index (χ3v) is 6.48. The summed E-state index contributed by atoms with van der Waals surface area (Å²) in [7, 11) is 0. The molecular weight excluding hydrogens is 519 g/mol. The van der Waals surface area contributed by atoms with Gasteiger partial charge in [0.1, 0.15) is 23.4 Å². The highest BCUT2D eigenvalue weighted by molar-refractivity contribution is 6.32. The molecule has 0 saturated heterocycles. The summed E-state index contributed by atoms with van der Waals surface area (Å²) < 4.78 is 5.39. The number of nitrogens with one attached hydrogen (secondary N) is 2. The van der Waals surface area contributed by atoms with Crippen LogP contribution in [0.15, 0.2) is 53.7 Å². The highest BCUT2D eigenvalue weighted by atomic mass is 35.5. The van der Waals surface area contributed by atoms with Crippen molar-refractivity contribution in [2.75, 3.05) is 0 Å². The average molecular weight is 543 g/mol. The Balaban J connectivity index is 1.33. The Morgan fingerprint density at radius 3 is 2.35 bits per heavy atom. The molecule has 0 unspecified atom stereocenters. The van der Waals surface area contributed by atoms with Crippen LogP contribution in [0.3, 0.4) is 0 Å². The second kappa shape index (κ2) is 11.1. The van der Waals surface area contributed by atoms with Gasteiger partial charge >= 0.3 is 6.09 Å². The Hall–Kier alpha value is -3.82. The maximum Gasteiger partial charge on any atom is 0.413 e. The molecule has 37 heavy (non-hydrogen) atoms. The monoisotopic (exact) mass is 542 g/mol. The average Bonchev–Trinajstić information content (AvgIpc) is 3.23. The van der Waals surface area contributed by atoms with E-state index in [2.05, 4.69) is 20.6 Å². The molecule has 0 bridgehead atoms. The van der Waals surface area contributed by atoms with Gasteiger partial charge in [-0.25, -0.2) is 4.79 Å². The molecule has 0 spiro atoms. The van der Waals surface area contributed by atoms with Gasteiger partial charge in [0.15, 0.2) is 0 Å². The largest absolute Gasteiger partial charge is 0.506 e. The first-order valence-corrected chi connectivity index (χ1v) is 12.1. The van der Waals surface area contributed by atoms with Crippen LogP contribution in [-0.4, -0.2) is 33.0 Å². The van der Waals surface area contributed by atoms with Gasteiger partial charge in [-0.15, -0.1) is 0 Å². The van der Waals surface area contributed by atoms with Gasteiger partial charge in [-0.3, -0.25) is 20.1 Å². The molecule has 0 saturated carbocycles. The van der Waals surface area contributed by atoms with E-state index in [9.17, 15) is 19.8 Å². The van der Waals surface area contributed by atoms with E-state index < -0.39 is 12.2 Å². The summed E-state index contributed by atoms with van der Waals surface area (Å²) in [5.41, 5.74) is 3.31. The van der Waals surface area contributed by atoms with Crippen molar-refractivity contribution in [1.29, 1.82) is 0 Å². The number of carbonyl (C=O) groups is 2. The zero-order chi connectivity index (χ0) is 26.7. The summed E-state index contributed by atoms with van der Waals surface area (Å²) in [6.45, 7) is 3.79. The van der Waals surface area contributed by atoms with Crippen molar-refractivity contribution in [3.8, 4) is 11.5 Å². The topological polar surface area (TPSA) is 133 Å². The van der Waals surface area contributed by atoms with Crippen LogP contribution in [0, 0.1) is 0 Å². The number of amidine groups is 1. The van der Waals surface area contributed by atoms with E-state index in [0.717, 1.165) is 11.1 Å². The van der Waals surface area contributed by atoms with Gasteiger partial charge in [-0.1, -0.05) is 35.3 Å². The number of phenols is 2. The second-order valence-corrected chi connectivity index (χ2v) is 9.37. The van der Waals surface area contributed by atoms with Crippen molar-refractivity contribution >= 4 is 41.0 Å². The third kappa shape index (κ3) is 6.31. The summed E-state index contributed by atoms with van der Waals surface area (Å²) in [6, 6.07) is 10.9. The molecule has 1 aromatic heterocycles. The Morgan fingerprint density at radius 2 is 1.68 bits per heavy atom. The first kappa shape index (κ1) is 26.2. The zero-order valence-corrected chi connectivity index (χ0v) is 21.5. The molecule has 2 atom stereocenters. The number of benzene rings is 2. The van der Waals surface area contributed by atoms with E-state index in [1.165, 1.54) is 18.2 Å². The number of phenolic OH excluding ortho intramolecular Hbond substituents is 2. The number of rotatable bonds is 6. The fourth-order valence-corrected chi connectivity index (χ4v) is 4.06. The Labute approximate surface area is 223 Å². The summed E-state index contributed by atoms with van der Waals surface area (Å²) in [5.74, 6) is -0.0609. The molecule has 192 valence electrons. The predicted octanol–water partition coefficient (Wildman–Crippen LogP) is 4.97. The second-order valence-electron chi connectivity index (χ2n) is 8.56.